The van der Waals surface area contributed by atoms with Crippen LogP contribution in [0.15, 0.2) is 57.9 Å². The standard InChI is InChI=1S/C19H14F3N5O2/c1-10-9-23-17(25-12-4-2-11(3-5-12)19(20,21)22)27-16(10)24-13-6-7-15-14(8-13)26-18(28)29-15/h2-9H,1H3,(H,26,28)(H2,23,24,25,27). The molecule has 7 nitrogen and oxygen atoms in total. The molecule has 0 aliphatic heterocycles. The normalized spacial score (nSPS) is 11.6. The molecule has 2 aromatic carbocycles. The van der Waals surface area contributed by atoms with Gasteiger partial charge in [0.2, 0.25) is 5.95 Å². The number of H-pyrrole nitrogens is 1. The van der Waals surface area contributed by atoms with E-state index in [1.807, 2.05) is 6.92 Å². The monoisotopic (exact) mass is 401 g/mol. The zero-order valence-electron chi connectivity index (χ0n) is 15.0. The third-order valence-electron chi connectivity index (χ3n) is 4.12. The van der Waals surface area contributed by atoms with Crippen LogP contribution in [0.1, 0.15) is 11.1 Å². The van der Waals surface area contributed by atoms with Gasteiger partial charge in [-0.1, -0.05) is 0 Å². The Morgan fingerprint density at radius 3 is 2.48 bits per heavy atom. The summed E-state index contributed by atoms with van der Waals surface area (Å²) in [4.78, 5) is 22.4. The molecule has 0 bridgehead atoms. The minimum Gasteiger partial charge on any atom is -0.408 e. The Morgan fingerprint density at radius 1 is 1.03 bits per heavy atom. The largest absolute Gasteiger partial charge is 0.417 e. The lowest BCUT2D eigenvalue weighted by Crippen LogP contribution is -2.05. The second-order valence-electron chi connectivity index (χ2n) is 6.28. The summed E-state index contributed by atoms with van der Waals surface area (Å²) in [6.07, 6.45) is -2.81. The molecule has 3 N–H and O–H groups in total. The van der Waals surface area contributed by atoms with Gasteiger partial charge in [0.15, 0.2) is 5.58 Å². The molecule has 10 heteroatoms. The van der Waals surface area contributed by atoms with E-state index in [1.54, 1.807) is 24.4 Å². The van der Waals surface area contributed by atoms with Crippen molar-refractivity contribution in [3.05, 3.63) is 70.3 Å². The van der Waals surface area contributed by atoms with Gasteiger partial charge in [0.25, 0.3) is 0 Å². The summed E-state index contributed by atoms with van der Waals surface area (Å²) in [7, 11) is 0. The van der Waals surface area contributed by atoms with Crippen molar-refractivity contribution >= 4 is 34.2 Å². The molecule has 2 heterocycles. The van der Waals surface area contributed by atoms with Gasteiger partial charge in [0, 0.05) is 23.1 Å². The Kier molecular flexibility index (Phi) is 4.45. The Labute approximate surface area is 161 Å². The van der Waals surface area contributed by atoms with Crippen LogP contribution in [0.3, 0.4) is 0 Å². The lowest BCUT2D eigenvalue weighted by atomic mass is 10.2. The molecular formula is C19H14F3N5O2. The number of fused-ring (bicyclic) bond motifs is 1. The fourth-order valence-electron chi connectivity index (χ4n) is 2.67. The number of alkyl halides is 3. The van der Waals surface area contributed by atoms with Gasteiger partial charge in [-0.3, -0.25) is 4.98 Å². The van der Waals surface area contributed by atoms with E-state index in [0.717, 1.165) is 17.7 Å². The fraction of sp³-hybridized carbons (Fsp3) is 0.105. The van der Waals surface area contributed by atoms with Crippen molar-refractivity contribution in [2.75, 3.05) is 10.6 Å². The third-order valence-corrected chi connectivity index (χ3v) is 4.12. The molecule has 148 valence electrons. The summed E-state index contributed by atoms with van der Waals surface area (Å²) in [5, 5.41) is 6.00. The first-order valence-electron chi connectivity index (χ1n) is 8.46. The molecule has 2 aromatic heterocycles. The Balaban J connectivity index is 1.56. The highest BCUT2D eigenvalue weighted by Gasteiger charge is 2.29. The summed E-state index contributed by atoms with van der Waals surface area (Å²) < 4.78 is 43.0. The van der Waals surface area contributed by atoms with Crippen molar-refractivity contribution in [2.24, 2.45) is 0 Å². The number of rotatable bonds is 4. The second kappa shape index (κ2) is 6.97. The summed E-state index contributed by atoms with van der Waals surface area (Å²) in [5.74, 6) is 0.175. The van der Waals surface area contributed by atoms with Gasteiger partial charge in [0.1, 0.15) is 5.82 Å². The number of aromatic amines is 1. The lowest BCUT2D eigenvalue weighted by Gasteiger charge is -2.12. The second-order valence-corrected chi connectivity index (χ2v) is 6.28. The summed E-state index contributed by atoms with van der Waals surface area (Å²) >= 11 is 0. The highest BCUT2D eigenvalue weighted by molar-refractivity contribution is 5.78. The predicted octanol–water partition coefficient (Wildman–Crippen LogP) is 4.73. The van der Waals surface area contributed by atoms with Gasteiger partial charge < -0.3 is 15.1 Å². The quantitative estimate of drug-likeness (QED) is 0.458. The molecule has 0 fully saturated rings. The van der Waals surface area contributed by atoms with Crippen LogP contribution in [-0.2, 0) is 6.18 Å². The molecule has 0 atom stereocenters. The van der Waals surface area contributed by atoms with Crippen molar-refractivity contribution in [2.45, 2.75) is 13.1 Å². The minimum absolute atomic E-state index is 0.218. The molecule has 0 unspecified atom stereocenters. The van der Waals surface area contributed by atoms with Crippen LogP contribution in [0.4, 0.5) is 36.3 Å². The number of halogens is 3. The molecule has 0 saturated carbocycles. The van der Waals surface area contributed by atoms with Crippen LogP contribution < -0.4 is 16.4 Å². The third kappa shape index (κ3) is 4.05. The van der Waals surface area contributed by atoms with Gasteiger partial charge in [0.05, 0.1) is 11.1 Å². The number of oxazole rings is 1. The van der Waals surface area contributed by atoms with Crippen molar-refractivity contribution in [1.29, 1.82) is 0 Å². The number of nitrogens with zero attached hydrogens (tertiary/aromatic N) is 2. The zero-order chi connectivity index (χ0) is 20.6. The van der Waals surface area contributed by atoms with Crippen molar-refractivity contribution in [1.82, 2.24) is 15.0 Å². The SMILES string of the molecule is Cc1cnc(Nc2ccc(C(F)(F)F)cc2)nc1Nc1ccc2oc(=O)[nH]c2c1. The van der Waals surface area contributed by atoms with E-state index in [4.69, 9.17) is 4.42 Å². The topological polar surface area (TPSA) is 95.8 Å². The van der Waals surface area contributed by atoms with E-state index >= 15 is 0 Å². The maximum Gasteiger partial charge on any atom is 0.417 e. The lowest BCUT2D eigenvalue weighted by molar-refractivity contribution is -0.137. The molecule has 0 spiro atoms. The van der Waals surface area contributed by atoms with E-state index in [0.29, 0.717) is 28.3 Å². The Hall–Kier alpha value is -3.82. The number of aromatic nitrogens is 3. The molecule has 4 rings (SSSR count). The van der Waals surface area contributed by atoms with Crippen LogP contribution >= 0.6 is 0 Å². The molecular weight excluding hydrogens is 387 g/mol. The van der Waals surface area contributed by atoms with Crippen molar-refractivity contribution in [3.8, 4) is 0 Å². The maximum atomic E-state index is 12.7. The van der Waals surface area contributed by atoms with E-state index < -0.39 is 17.5 Å². The van der Waals surface area contributed by atoms with Gasteiger partial charge in [-0.2, -0.15) is 18.2 Å². The van der Waals surface area contributed by atoms with Gasteiger partial charge in [-0.05, 0) is 49.4 Å². The molecule has 29 heavy (non-hydrogen) atoms. The summed E-state index contributed by atoms with van der Waals surface area (Å²) in [6, 6.07) is 9.65. The number of hydrogen-bond donors (Lipinski definition) is 3. The van der Waals surface area contributed by atoms with Crippen molar-refractivity contribution < 1.29 is 17.6 Å². The first-order valence-corrected chi connectivity index (χ1v) is 8.46. The van der Waals surface area contributed by atoms with Crippen LogP contribution in [0.5, 0.6) is 0 Å². The van der Waals surface area contributed by atoms with E-state index in [-0.39, 0.29) is 5.95 Å². The average molecular weight is 401 g/mol. The summed E-state index contributed by atoms with van der Waals surface area (Å²) in [5.41, 5.74) is 2.08. The molecule has 0 saturated heterocycles. The fourth-order valence-corrected chi connectivity index (χ4v) is 2.67. The maximum absolute atomic E-state index is 12.7. The number of nitrogens with one attached hydrogen (secondary N) is 3. The van der Waals surface area contributed by atoms with E-state index in [9.17, 15) is 18.0 Å². The van der Waals surface area contributed by atoms with Crippen LogP contribution in [-0.4, -0.2) is 15.0 Å². The molecule has 0 aliphatic carbocycles. The predicted molar refractivity (Wildman–Crippen MR) is 102 cm³/mol. The number of aryl methyl sites for hydroxylation is 1. The highest BCUT2D eigenvalue weighted by atomic mass is 19.4. The number of anilines is 4. The van der Waals surface area contributed by atoms with Gasteiger partial charge in [-0.25, -0.2) is 9.78 Å². The molecule has 0 amide bonds. The van der Waals surface area contributed by atoms with Gasteiger partial charge in [-0.15, -0.1) is 0 Å². The van der Waals surface area contributed by atoms with Crippen LogP contribution in [0.2, 0.25) is 0 Å². The molecule has 0 radical (unpaired) electrons. The van der Waals surface area contributed by atoms with E-state index in [1.165, 1.54) is 12.1 Å². The Bertz CT molecular complexity index is 1230. The highest BCUT2D eigenvalue weighted by Crippen LogP contribution is 2.30. The average Bonchev–Trinajstić information content (AvgIpc) is 3.03. The van der Waals surface area contributed by atoms with Gasteiger partial charge >= 0.3 is 11.9 Å². The number of benzene rings is 2. The van der Waals surface area contributed by atoms with Crippen LogP contribution in [0, 0.1) is 6.92 Å². The number of hydrogen-bond acceptors (Lipinski definition) is 6. The Morgan fingerprint density at radius 2 is 1.76 bits per heavy atom. The summed E-state index contributed by atoms with van der Waals surface area (Å²) in [6.45, 7) is 1.81. The van der Waals surface area contributed by atoms with Crippen molar-refractivity contribution in [3.63, 3.8) is 0 Å². The minimum atomic E-state index is -4.39. The first-order chi connectivity index (χ1) is 13.8. The van der Waals surface area contributed by atoms with Crippen LogP contribution in [0.25, 0.3) is 11.1 Å². The smallest absolute Gasteiger partial charge is 0.408 e. The molecule has 4 aromatic rings. The van der Waals surface area contributed by atoms with E-state index in [2.05, 4.69) is 25.6 Å². The first kappa shape index (κ1) is 18.5. The zero-order valence-corrected chi connectivity index (χ0v) is 15.0. The molecule has 0 aliphatic rings.